The van der Waals surface area contributed by atoms with Crippen LogP contribution in [0.25, 0.3) is 5.69 Å². The number of amides is 1. The zero-order valence-electron chi connectivity index (χ0n) is 18.9. The quantitative estimate of drug-likeness (QED) is 0.510. The van der Waals surface area contributed by atoms with E-state index in [0.717, 1.165) is 0 Å². The summed E-state index contributed by atoms with van der Waals surface area (Å²) in [6.07, 6.45) is 0. The molecule has 0 radical (unpaired) electrons. The van der Waals surface area contributed by atoms with Crippen molar-refractivity contribution in [2.24, 2.45) is 7.05 Å². The lowest BCUT2D eigenvalue weighted by molar-refractivity contribution is -0.117. The van der Waals surface area contributed by atoms with Gasteiger partial charge in [0.15, 0.2) is 0 Å². The topological polar surface area (TPSA) is 96.7 Å². The number of para-hydroxylation sites is 1. The van der Waals surface area contributed by atoms with Crippen LogP contribution in [0.15, 0.2) is 68.8 Å². The first-order valence-electron chi connectivity index (χ1n) is 10.8. The van der Waals surface area contributed by atoms with Gasteiger partial charge in [-0.2, -0.15) is 4.31 Å². The van der Waals surface area contributed by atoms with E-state index in [-0.39, 0.29) is 41.7 Å². The minimum Gasteiger partial charge on any atom is -0.319 e. The van der Waals surface area contributed by atoms with Crippen molar-refractivity contribution < 1.29 is 13.2 Å². The summed E-state index contributed by atoms with van der Waals surface area (Å²) in [5, 5.41) is 2.76. The fourth-order valence-corrected chi connectivity index (χ4v) is 6.40. The lowest BCUT2D eigenvalue weighted by atomic mass is 10.3. The number of hydrogen-bond donors (Lipinski definition) is 1. The number of benzene rings is 2. The van der Waals surface area contributed by atoms with Crippen molar-refractivity contribution in [1.82, 2.24) is 18.6 Å². The highest BCUT2D eigenvalue weighted by atomic mass is 79.9. The van der Waals surface area contributed by atoms with Gasteiger partial charge in [0.2, 0.25) is 15.9 Å². The lowest BCUT2D eigenvalue weighted by Gasteiger charge is -2.33. The minimum absolute atomic E-state index is 0.0715. The molecule has 2 heterocycles. The van der Waals surface area contributed by atoms with Crippen molar-refractivity contribution in [2.45, 2.75) is 11.8 Å². The maximum atomic E-state index is 13.0. The first kappa shape index (κ1) is 24.4. The third kappa shape index (κ3) is 4.74. The van der Waals surface area contributed by atoms with Gasteiger partial charge in [0, 0.05) is 37.7 Å². The molecule has 0 unspecified atom stereocenters. The summed E-state index contributed by atoms with van der Waals surface area (Å²) in [6, 6.07) is 15.9. The number of aromatic nitrogens is 2. The average molecular weight is 548 g/mol. The SMILES string of the molecule is Cc1c(NC(=O)CN2CCN(S(=O)(=O)c3ccccc3Br)CC2)c(=O)n(-c2ccccc2)n1C. The third-order valence-corrected chi connectivity index (χ3v) is 8.88. The predicted molar refractivity (Wildman–Crippen MR) is 134 cm³/mol. The van der Waals surface area contributed by atoms with E-state index in [0.29, 0.717) is 28.9 Å². The molecule has 0 atom stereocenters. The number of carbonyl (C=O) groups is 1. The van der Waals surface area contributed by atoms with Crippen LogP contribution >= 0.6 is 15.9 Å². The summed E-state index contributed by atoms with van der Waals surface area (Å²) in [5.74, 6) is -0.312. The number of halogens is 1. The van der Waals surface area contributed by atoms with Crippen molar-refractivity contribution >= 4 is 37.5 Å². The molecule has 1 aliphatic rings. The van der Waals surface area contributed by atoms with Gasteiger partial charge in [0.25, 0.3) is 5.56 Å². The molecule has 4 rings (SSSR count). The molecule has 180 valence electrons. The largest absolute Gasteiger partial charge is 0.319 e. The van der Waals surface area contributed by atoms with Crippen LogP contribution in [-0.2, 0) is 21.9 Å². The number of nitrogens with one attached hydrogen (secondary N) is 1. The number of sulfonamides is 1. The van der Waals surface area contributed by atoms with Crippen molar-refractivity contribution in [2.75, 3.05) is 38.0 Å². The van der Waals surface area contributed by atoms with Crippen LogP contribution in [0, 0.1) is 6.92 Å². The zero-order chi connectivity index (χ0) is 24.5. The molecular weight excluding hydrogens is 522 g/mol. The fourth-order valence-electron chi connectivity index (χ4n) is 4.02. The van der Waals surface area contributed by atoms with Crippen LogP contribution in [0.2, 0.25) is 0 Å². The van der Waals surface area contributed by atoms with Crippen LogP contribution in [0.5, 0.6) is 0 Å². The number of nitrogens with zero attached hydrogens (tertiary/aromatic N) is 4. The van der Waals surface area contributed by atoms with Gasteiger partial charge < -0.3 is 5.32 Å². The first-order chi connectivity index (χ1) is 16.2. The molecule has 1 aliphatic heterocycles. The second-order valence-corrected chi connectivity index (χ2v) is 10.9. The number of hydrogen-bond acceptors (Lipinski definition) is 5. The highest BCUT2D eigenvalue weighted by Gasteiger charge is 2.30. The Balaban J connectivity index is 1.40. The van der Waals surface area contributed by atoms with Gasteiger partial charge in [0.1, 0.15) is 5.69 Å². The van der Waals surface area contributed by atoms with Gasteiger partial charge in [-0.3, -0.25) is 19.2 Å². The Labute approximate surface area is 206 Å². The Morgan fingerprint density at radius 1 is 1.00 bits per heavy atom. The lowest BCUT2D eigenvalue weighted by Crippen LogP contribution is -2.50. The summed E-state index contributed by atoms with van der Waals surface area (Å²) >= 11 is 3.31. The second kappa shape index (κ2) is 9.87. The van der Waals surface area contributed by atoms with Crippen LogP contribution in [0.4, 0.5) is 5.69 Å². The standard InChI is InChI=1S/C23H26BrN5O4S/c1-17-22(23(31)29(26(17)2)18-8-4-3-5-9-18)25-21(30)16-27-12-14-28(15-13-27)34(32,33)20-11-7-6-10-19(20)24/h3-11H,12-16H2,1-2H3,(H,25,30). The van der Waals surface area contributed by atoms with Gasteiger partial charge in [0.05, 0.1) is 22.8 Å². The first-order valence-corrected chi connectivity index (χ1v) is 13.0. The average Bonchev–Trinajstić information content (AvgIpc) is 3.03. The van der Waals surface area contributed by atoms with E-state index in [4.69, 9.17) is 0 Å². The molecule has 0 spiro atoms. The van der Waals surface area contributed by atoms with E-state index in [9.17, 15) is 18.0 Å². The molecule has 1 fully saturated rings. The van der Waals surface area contributed by atoms with Crippen LogP contribution in [0.3, 0.4) is 0 Å². The van der Waals surface area contributed by atoms with Gasteiger partial charge in [-0.25, -0.2) is 13.1 Å². The Hall–Kier alpha value is -2.73. The van der Waals surface area contributed by atoms with Crippen molar-refractivity contribution in [3.63, 3.8) is 0 Å². The molecule has 2 aromatic carbocycles. The molecule has 9 nitrogen and oxygen atoms in total. The molecule has 0 aliphatic carbocycles. The zero-order valence-corrected chi connectivity index (χ0v) is 21.3. The Kier molecular flexibility index (Phi) is 7.08. The summed E-state index contributed by atoms with van der Waals surface area (Å²) in [7, 11) is -1.85. The van der Waals surface area contributed by atoms with Crippen molar-refractivity contribution in [3.8, 4) is 5.69 Å². The number of anilines is 1. The van der Waals surface area contributed by atoms with E-state index in [1.807, 2.05) is 35.2 Å². The predicted octanol–water partition coefficient (Wildman–Crippen LogP) is 2.19. The molecule has 0 saturated carbocycles. The highest BCUT2D eigenvalue weighted by Crippen LogP contribution is 2.25. The van der Waals surface area contributed by atoms with Gasteiger partial charge in [-0.05, 0) is 47.1 Å². The Morgan fingerprint density at radius 2 is 1.62 bits per heavy atom. The van der Waals surface area contributed by atoms with Crippen molar-refractivity contribution in [1.29, 1.82) is 0 Å². The normalized spacial score (nSPS) is 15.4. The maximum Gasteiger partial charge on any atom is 0.295 e. The second-order valence-electron chi connectivity index (χ2n) is 8.10. The number of rotatable bonds is 6. The highest BCUT2D eigenvalue weighted by molar-refractivity contribution is 9.10. The van der Waals surface area contributed by atoms with E-state index < -0.39 is 10.0 Å². The summed E-state index contributed by atoms with van der Waals surface area (Å²) < 4.78 is 31.1. The van der Waals surface area contributed by atoms with E-state index in [2.05, 4.69) is 21.2 Å². The molecule has 3 aromatic rings. The van der Waals surface area contributed by atoms with Crippen LogP contribution in [-0.4, -0.2) is 65.6 Å². The molecule has 34 heavy (non-hydrogen) atoms. The maximum absolute atomic E-state index is 13.0. The number of piperazine rings is 1. The number of carbonyl (C=O) groups excluding carboxylic acids is 1. The van der Waals surface area contributed by atoms with Crippen LogP contribution < -0.4 is 10.9 Å². The summed E-state index contributed by atoms with van der Waals surface area (Å²) in [6.45, 7) is 3.24. The Bertz CT molecular complexity index is 1360. The molecule has 11 heteroatoms. The molecule has 1 aromatic heterocycles. The van der Waals surface area contributed by atoms with Crippen LogP contribution in [0.1, 0.15) is 5.69 Å². The summed E-state index contributed by atoms with van der Waals surface area (Å²) in [4.78, 5) is 27.8. The smallest absolute Gasteiger partial charge is 0.295 e. The minimum atomic E-state index is -3.62. The van der Waals surface area contributed by atoms with Gasteiger partial charge in [-0.15, -0.1) is 0 Å². The molecule has 1 saturated heterocycles. The van der Waals surface area contributed by atoms with Gasteiger partial charge in [-0.1, -0.05) is 30.3 Å². The monoisotopic (exact) mass is 547 g/mol. The van der Waals surface area contributed by atoms with E-state index >= 15 is 0 Å². The van der Waals surface area contributed by atoms with Crippen molar-refractivity contribution in [3.05, 3.63) is 75.1 Å². The van der Waals surface area contributed by atoms with Gasteiger partial charge >= 0.3 is 0 Å². The molecular formula is C23H26BrN5O4S. The molecule has 1 amide bonds. The van der Waals surface area contributed by atoms with E-state index in [1.54, 1.807) is 42.9 Å². The fraction of sp³-hybridized carbons (Fsp3) is 0.304. The third-order valence-electron chi connectivity index (χ3n) is 5.97. The molecule has 0 bridgehead atoms. The summed E-state index contributed by atoms with van der Waals surface area (Å²) in [5.41, 5.74) is 1.29. The Morgan fingerprint density at radius 3 is 2.26 bits per heavy atom. The van der Waals surface area contributed by atoms with E-state index in [1.165, 1.54) is 8.99 Å². The molecule has 1 N–H and O–H groups in total.